The van der Waals surface area contributed by atoms with Gasteiger partial charge in [-0.3, -0.25) is 4.79 Å². The van der Waals surface area contributed by atoms with Crippen molar-refractivity contribution in [1.82, 2.24) is 14.9 Å². The lowest BCUT2D eigenvalue weighted by Gasteiger charge is -2.31. The first-order valence-electron chi connectivity index (χ1n) is 9.71. The molecule has 0 saturated carbocycles. The molecule has 1 aliphatic heterocycles. The zero-order valence-electron chi connectivity index (χ0n) is 16.6. The number of H-pyrrole nitrogens is 1. The number of rotatable bonds is 5. The summed E-state index contributed by atoms with van der Waals surface area (Å²) in [7, 11) is 3.19. The minimum absolute atomic E-state index is 0.0820. The van der Waals surface area contributed by atoms with Gasteiger partial charge in [0.1, 0.15) is 23.1 Å². The van der Waals surface area contributed by atoms with E-state index in [1.165, 1.54) is 12.1 Å². The van der Waals surface area contributed by atoms with Crippen LogP contribution in [-0.2, 0) is 11.2 Å². The predicted molar refractivity (Wildman–Crippen MR) is 108 cm³/mol. The largest absolute Gasteiger partial charge is 0.497 e. The highest BCUT2D eigenvalue weighted by molar-refractivity contribution is 5.80. The van der Waals surface area contributed by atoms with Gasteiger partial charge in [0, 0.05) is 30.6 Å². The Kier molecular flexibility index (Phi) is 5.38. The number of methoxy groups -OCH3 is 2. The van der Waals surface area contributed by atoms with Crippen molar-refractivity contribution < 1.29 is 18.7 Å². The predicted octanol–water partition coefficient (Wildman–Crippen LogP) is 3.67. The fourth-order valence-electron chi connectivity index (χ4n) is 3.87. The van der Waals surface area contributed by atoms with Crippen molar-refractivity contribution in [3.05, 3.63) is 53.6 Å². The highest BCUT2D eigenvalue weighted by atomic mass is 19.1. The number of amides is 1. The summed E-state index contributed by atoms with van der Waals surface area (Å²) in [6.45, 7) is 1.35. The lowest BCUT2D eigenvalue weighted by molar-refractivity contribution is -0.131. The third kappa shape index (κ3) is 4.04. The SMILES string of the molecule is COc1ccc(CC(=O)N2CCC(c3nc4ccc(F)cc4[nH]3)CC2)c(OC)c1. The number of likely N-dealkylation sites (tertiary alicyclic amines) is 1. The zero-order chi connectivity index (χ0) is 20.4. The number of nitrogens with zero attached hydrogens (tertiary/aromatic N) is 2. The number of hydrogen-bond donors (Lipinski definition) is 1. The third-order valence-corrected chi connectivity index (χ3v) is 5.53. The molecule has 6 nitrogen and oxygen atoms in total. The minimum atomic E-state index is -0.276. The Bertz CT molecular complexity index is 1030. The fourth-order valence-corrected chi connectivity index (χ4v) is 3.87. The van der Waals surface area contributed by atoms with E-state index in [1.807, 2.05) is 17.0 Å². The Balaban J connectivity index is 1.39. The van der Waals surface area contributed by atoms with Crippen LogP contribution in [0.15, 0.2) is 36.4 Å². The number of ether oxygens (including phenoxy) is 2. The van der Waals surface area contributed by atoms with E-state index in [2.05, 4.69) is 9.97 Å². The van der Waals surface area contributed by atoms with Gasteiger partial charge in [-0.15, -0.1) is 0 Å². The molecular weight excluding hydrogens is 373 g/mol. The van der Waals surface area contributed by atoms with Crippen LogP contribution in [0, 0.1) is 5.82 Å². The molecule has 7 heteroatoms. The van der Waals surface area contributed by atoms with Crippen LogP contribution in [-0.4, -0.2) is 48.1 Å². The van der Waals surface area contributed by atoms with E-state index in [4.69, 9.17) is 9.47 Å². The van der Waals surface area contributed by atoms with Crippen molar-refractivity contribution in [2.75, 3.05) is 27.3 Å². The van der Waals surface area contributed by atoms with Crippen LogP contribution in [0.25, 0.3) is 11.0 Å². The number of aromatic nitrogens is 2. The van der Waals surface area contributed by atoms with Gasteiger partial charge in [0.15, 0.2) is 0 Å². The number of carbonyl (C=O) groups is 1. The quantitative estimate of drug-likeness (QED) is 0.713. The average molecular weight is 397 g/mol. The number of piperidine rings is 1. The van der Waals surface area contributed by atoms with Gasteiger partial charge in [0.05, 0.1) is 31.7 Å². The molecule has 3 aromatic rings. The number of nitrogens with one attached hydrogen (secondary N) is 1. The molecule has 1 aromatic heterocycles. The molecule has 4 rings (SSSR count). The third-order valence-electron chi connectivity index (χ3n) is 5.53. The van der Waals surface area contributed by atoms with E-state index in [1.54, 1.807) is 26.4 Å². The monoisotopic (exact) mass is 397 g/mol. The van der Waals surface area contributed by atoms with E-state index in [-0.39, 0.29) is 17.6 Å². The molecule has 0 atom stereocenters. The number of imidazole rings is 1. The molecule has 2 aromatic carbocycles. The normalized spacial score (nSPS) is 14.9. The zero-order valence-corrected chi connectivity index (χ0v) is 16.6. The first-order valence-corrected chi connectivity index (χ1v) is 9.71. The molecule has 152 valence electrons. The van der Waals surface area contributed by atoms with Crippen LogP contribution in [0.1, 0.15) is 30.1 Å². The van der Waals surface area contributed by atoms with Crippen molar-refractivity contribution in [3.8, 4) is 11.5 Å². The van der Waals surface area contributed by atoms with Crippen LogP contribution < -0.4 is 9.47 Å². The Morgan fingerprint density at radius 3 is 2.69 bits per heavy atom. The summed E-state index contributed by atoms with van der Waals surface area (Å²) in [5.74, 6) is 2.27. The van der Waals surface area contributed by atoms with Gasteiger partial charge in [-0.25, -0.2) is 9.37 Å². The number of hydrogen-bond acceptors (Lipinski definition) is 4. The lowest BCUT2D eigenvalue weighted by atomic mass is 9.95. The second-order valence-corrected chi connectivity index (χ2v) is 7.29. The molecule has 0 unspecified atom stereocenters. The number of benzene rings is 2. The number of aromatic amines is 1. The van der Waals surface area contributed by atoms with Crippen molar-refractivity contribution in [1.29, 1.82) is 0 Å². The lowest BCUT2D eigenvalue weighted by Crippen LogP contribution is -2.39. The van der Waals surface area contributed by atoms with Crippen LogP contribution in [0.2, 0.25) is 0 Å². The van der Waals surface area contributed by atoms with Crippen molar-refractivity contribution >= 4 is 16.9 Å². The summed E-state index contributed by atoms with van der Waals surface area (Å²) in [5.41, 5.74) is 2.33. The first kappa shape index (κ1) is 19.2. The molecule has 0 aliphatic carbocycles. The second kappa shape index (κ2) is 8.11. The van der Waals surface area contributed by atoms with Gasteiger partial charge in [0.2, 0.25) is 5.91 Å². The Morgan fingerprint density at radius 2 is 1.97 bits per heavy atom. The maximum absolute atomic E-state index is 13.4. The summed E-state index contributed by atoms with van der Waals surface area (Å²) < 4.78 is 24.0. The summed E-state index contributed by atoms with van der Waals surface area (Å²) in [6, 6.07) is 10.1. The smallest absolute Gasteiger partial charge is 0.227 e. The molecule has 2 heterocycles. The van der Waals surface area contributed by atoms with Gasteiger partial charge in [-0.05, 0) is 37.1 Å². The highest BCUT2D eigenvalue weighted by Crippen LogP contribution is 2.29. The number of fused-ring (bicyclic) bond motifs is 1. The standard InChI is InChI=1S/C22H24FN3O3/c1-28-17-5-3-15(20(13-17)29-2)11-21(27)26-9-7-14(8-10-26)22-24-18-6-4-16(23)12-19(18)25-22/h3-6,12-14H,7-11H2,1-2H3,(H,24,25). The fraction of sp³-hybridized carbons (Fsp3) is 0.364. The number of carbonyl (C=O) groups excluding carboxylic acids is 1. The van der Waals surface area contributed by atoms with Crippen molar-refractivity contribution in [3.63, 3.8) is 0 Å². The molecule has 1 aliphatic rings. The number of halogens is 1. The molecule has 1 fully saturated rings. The molecule has 1 saturated heterocycles. The molecule has 0 radical (unpaired) electrons. The maximum Gasteiger partial charge on any atom is 0.227 e. The van der Waals surface area contributed by atoms with Gasteiger partial charge in [0.25, 0.3) is 0 Å². The summed E-state index contributed by atoms with van der Waals surface area (Å²) in [4.78, 5) is 22.5. The summed E-state index contributed by atoms with van der Waals surface area (Å²) in [6.07, 6.45) is 1.95. The van der Waals surface area contributed by atoms with E-state index in [0.29, 0.717) is 36.5 Å². The van der Waals surface area contributed by atoms with Crippen molar-refractivity contribution in [2.45, 2.75) is 25.2 Å². The minimum Gasteiger partial charge on any atom is -0.497 e. The van der Waals surface area contributed by atoms with Crippen LogP contribution in [0.4, 0.5) is 4.39 Å². The summed E-state index contributed by atoms with van der Waals surface area (Å²) in [5, 5.41) is 0. The van der Waals surface area contributed by atoms with Gasteiger partial charge < -0.3 is 19.4 Å². The van der Waals surface area contributed by atoms with E-state index < -0.39 is 0 Å². The van der Waals surface area contributed by atoms with Gasteiger partial charge in [-0.1, -0.05) is 6.07 Å². The molecule has 0 bridgehead atoms. The van der Waals surface area contributed by atoms with Crippen LogP contribution >= 0.6 is 0 Å². The van der Waals surface area contributed by atoms with E-state index >= 15 is 0 Å². The first-order chi connectivity index (χ1) is 14.1. The van der Waals surface area contributed by atoms with Gasteiger partial charge >= 0.3 is 0 Å². The molecule has 29 heavy (non-hydrogen) atoms. The van der Waals surface area contributed by atoms with Gasteiger partial charge in [-0.2, -0.15) is 0 Å². The van der Waals surface area contributed by atoms with E-state index in [9.17, 15) is 9.18 Å². The van der Waals surface area contributed by atoms with Crippen LogP contribution in [0.3, 0.4) is 0 Å². The van der Waals surface area contributed by atoms with E-state index in [0.717, 1.165) is 29.7 Å². The van der Waals surface area contributed by atoms with Crippen molar-refractivity contribution in [2.24, 2.45) is 0 Å². The van der Waals surface area contributed by atoms with Crippen LogP contribution in [0.5, 0.6) is 11.5 Å². The molecule has 1 amide bonds. The molecule has 0 spiro atoms. The Hall–Kier alpha value is -3.09. The molecular formula is C22H24FN3O3. The Labute approximate surface area is 168 Å². The molecule has 1 N–H and O–H groups in total. The maximum atomic E-state index is 13.4. The average Bonchev–Trinajstić information content (AvgIpc) is 3.17. The Morgan fingerprint density at radius 1 is 1.17 bits per heavy atom. The second-order valence-electron chi connectivity index (χ2n) is 7.29. The highest BCUT2D eigenvalue weighted by Gasteiger charge is 2.26. The summed E-state index contributed by atoms with van der Waals surface area (Å²) >= 11 is 0. The topological polar surface area (TPSA) is 67.5 Å².